The molecule has 0 aliphatic rings. The maximum absolute atomic E-state index is 12.6. The molecule has 0 aliphatic carbocycles. The molecule has 1 amide bonds. The van der Waals surface area contributed by atoms with E-state index in [9.17, 15) is 13.2 Å². The third-order valence-electron chi connectivity index (χ3n) is 4.14. The molecule has 0 saturated heterocycles. The van der Waals surface area contributed by atoms with E-state index >= 15 is 0 Å². The Morgan fingerprint density at radius 3 is 2.43 bits per heavy atom. The summed E-state index contributed by atoms with van der Waals surface area (Å²) in [6.07, 6.45) is 0.940. The van der Waals surface area contributed by atoms with Crippen LogP contribution in [0.3, 0.4) is 0 Å². The molecule has 0 bridgehead atoms. The summed E-state index contributed by atoms with van der Waals surface area (Å²) in [6, 6.07) is 14.0. The number of nitrogens with zero attached hydrogens (tertiary/aromatic N) is 1. The van der Waals surface area contributed by atoms with E-state index in [1.54, 1.807) is 37.4 Å². The van der Waals surface area contributed by atoms with Crippen molar-refractivity contribution in [3.8, 4) is 5.75 Å². The molecule has 0 radical (unpaired) electrons. The molecule has 0 spiro atoms. The number of anilines is 2. The van der Waals surface area contributed by atoms with Gasteiger partial charge in [-0.1, -0.05) is 19.1 Å². The molecule has 2 rings (SSSR count). The zero-order chi connectivity index (χ0) is 20.7. The van der Waals surface area contributed by atoms with Gasteiger partial charge in [-0.2, -0.15) is 0 Å². The number of ether oxygens (including phenoxy) is 2. The van der Waals surface area contributed by atoms with E-state index in [4.69, 9.17) is 9.47 Å². The smallest absolute Gasteiger partial charge is 0.265 e. The lowest BCUT2D eigenvalue weighted by atomic mass is 10.2. The number of nitrogens with one attached hydrogen (secondary N) is 1. The lowest BCUT2D eigenvalue weighted by Gasteiger charge is -2.19. The molecule has 0 saturated carbocycles. The van der Waals surface area contributed by atoms with Gasteiger partial charge in [-0.25, -0.2) is 8.42 Å². The molecule has 0 fully saturated rings. The van der Waals surface area contributed by atoms with Gasteiger partial charge < -0.3 is 14.8 Å². The molecule has 152 valence electrons. The lowest BCUT2D eigenvalue weighted by molar-refractivity contribution is -0.122. The van der Waals surface area contributed by atoms with Crippen molar-refractivity contribution in [1.82, 2.24) is 0 Å². The van der Waals surface area contributed by atoms with Crippen LogP contribution in [0.2, 0.25) is 0 Å². The van der Waals surface area contributed by atoms with Gasteiger partial charge in [0.2, 0.25) is 10.0 Å². The van der Waals surface area contributed by atoms with Crippen LogP contribution < -0.4 is 14.4 Å². The Kier molecular flexibility index (Phi) is 7.42. The molecular formula is C20H26N2O5S. The van der Waals surface area contributed by atoms with E-state index in [2.05, 4.69) is 5.32 Å². The third kappa shape index (κ3) is 5.97. The molecule has 0 aromatic heterocycles. The molecule has 2 aromatic carbocycles. The number of hydrogen-bond donors (Lipinski definition) is 1. The Morgan fingerprint density at radius 1 is 1.18 bits per heavy atom. The monoisotopic (exact) mass is 406 g/mol. The molecule has 0 heterocycles. The van der Waals surface area contributed by atoms with Gasteiger partial charge in [-0.05, 0) is 48.4 Å². The fourth-order valence-corrected chi connectivity index (χ4v) is 3.05. The van der Waals surface area contributed by atoms with Gasteiger partial charge in [0.25, 0.3) is 5.91 Å². The Morgan fingerprint density at radius 2 is 1.86 bits per heavy atom. The normalized spacial score (nSPS) is 12.3. The van der Waals surface area contributed by atoms with Gasteiger partial charge in [0.1, 0.15) is 5.75 Å². The van der Waals surface area contributed by atoms with Crippen LogP contribution in [0.5, 0.6) is 5.75 Å². The van der Waals surface area contributed by atoms with Gasteiger partial charge in [0, 0.05) is 19.8 Å². The molecule has 7 nitrogen and oxygen atoms in total. The SMILES string of the molecule is CC[C@H](Oc1ccc(N(C)S(C)(=O)=O)cc1)C(=O)Nc1cccc(COC)c1. The predicted octanol–water partition coefficient (Wildman–Crippen LogP) is 3.02. The summed E-state index contributed by atoms with van der Waals surface area (Å²) in [7, 11) is -0.239. The molecule has 0 unspecified atom stereocenters. The topological polar surface area (TPSA) is 84.9 Å². The van der Waals surface area contributed by atoms with Gasteiger partial charge in [-0.15, -0.1) is 0 Å². The second-order valence-corrected chi connectivity index (χ2v) is 8.38. The predicted molar refractivity (Wildman–Crippen MR) is 110 cm³/mol. The maximum atomic E-state index is 12.6. The summed E-state index contributed by atoms with van der Waals surface area (Å²) in [6.45, 7) is 2.32. The summed E-state index contributed by atoms with van der Waals surface area (Å²) >= 11 is 0. The number of benzene rings is 2. The summed E-state index contributed by atoms with van der Waals surface area (Å²) in [5.74, 6) is 0.232. The first-order valence-electron chi connectivity index (χ1n) is 8.84. The highest BCUT2D eigenvalue weighted by Crippen LogP contribution is 2.22. The highest BCUT2D eigenvalue weighted by atomic mass is 32.2. The summed E-state index contributed by atoms with van der Waals surface area (Å²) in [5, 5.41) is 2.85. The fraction of sp³-hybridized carbons (Fsp3) is 0.350. The van der Waals surface area contributed by atoms with E-state index in [0.29, 0.717) is 30.2 Å². The maximum Gasteiger partial charge on any atom is 0.265 e. The summed E-state index contributed by atoms with van der Waals surface area (Å²) < 4.78 is 35.3. The number of amides is 1. The average molecular weight is 407 g/mol. The quantitative estimate of drug-likeness (QED) is 0.692. The Balaban J connectivity index is 2.05. The van der Waals surface area contributed by atoms with Crippen molar-refractivity contribution in [3.63, 3.8) is 0 Å². The van der Waals surface area contributed by atoms with Crippen LogP contribution in [-0.4, -0.2) is 40.8 Å². The van der Waals surface area contributed by atoms with Gasteiger partial charge in [-0.3, -0.25) is 9.10 Å². The number of methoxy groups -OCH3 is 1. The lowest BCUT2D eigenvalue weighted by Crippen LogP contribution is -2.32. The van der Waals surface area contributed by atoms with Crippen LogP contribution >= 0.6 is 0 Å². The highest BCUT2D eigenvalue weighted by molar-refractivity contribution is 7.92. The van der Waals surface area contributed by atoms with Crippen LogP contribution in [0.15, 0.2) is 48.5 Å². The summed E-state index contributed by atoms with van der Waals surface area (Å²) in [5.41, 5.74) is 2.15. The van der Waals surface area contributed by atoms with E-state index in [1.807, 2.05) is 25.1 Å². The molecule has 8 heteroatoms. The van der Waals surface area contributed by atoms with Crippen molar-refractivity contribution < 1.29 is 22.7 Å². The fourth-order valence-electron chi connectivity index (χ4n) is 2.54. The third-order valence-corrected chi connectivity index (χ3v) is 5.35. The van der Waals surface area contributed by atoms with Gasteiger partial charge in [0.05, 0.1) is 18.6 Å². The first-order chi connectivity index (χ1) is 13.2. The minimum Gasteiger partial charge on any atom is -0.481 e. The molecule has 2 aromatic rings. The van der Waals surface area contributed by atoms with Crippen LogP contribution in [0.25, 0.3) is 0 Å². The number of rotatable bonds is 9. The minimum atomic E-state index is -3.33. The molecule has 1 atom stereocenters. The minimum absolute atomic E-state index is 0.255. The molecule has 1 N–H and O–H groups in total. The first-order valence-corrected chi connectivity index (χ1v) is 10.7. The molecule has 28 heavy (non-hydrogen) atoms. The van der Waals surface area contributed by atoms with E-state index in [1.165, 1.54) is 11.4 Å². The Labute approximate surface area is 166 Å². The van der Waals surface area contributed by atoms with E-state index < -0.39 is 16.1 Å². The number of carbonyl (C=O) groups is 1. The van der Waals surface area contributed by atoms with Crippen molar-refractivity contribution >= 4 is 27.3 Å². The van der Waals surface area contributed by atoms with Crippen LogP contribution in [-0.2, 0) is 26.2 Å². The Hall–Kier alpha value is -2.58. The zero-order valence-electron chi connectivity index (χ0n) is 16.5. The second-order valence-electron chi connectivity index (χ2n) is 6.36. The van der Waals surface area contributed by atoms with Crippen molar-refractivity contribution in [3.05, 3.63) is 54.1 Å². The van der Waals surface area contributed by atoms with Gasteiger partial charge in [0.15, 0.2) is 6.10 Å². The van der Waals surface area contributed by atoms with Crippen LogP contribution in [0.1, 0.15) is 18.9 Å². The van der Waals surface area contributed by atoms with E-state index in [0.717, 1.165) is 11.8 Å². The molecular weight excluding hydrogens is 380 g/mol. The Bertz CT molecular complexity index is 897. The number of sulfonamides is 1. The van der Waals surface area contributed by atoms with Crippen molar-refractivity contribution in [2.24, 2.45) is 0 Å². The van der Waals surface area contributed by atoms with Gasteiger partial charge >= 0.3 is 0 Å². The number of carbonyl (C=O) groups excluding carboxylic acids is 1. The highest BCUT2D eigenvalue weighted by Gasteiger charge is 2.19. The van der Waals surface area contributed by atoms with Crippen molar-refractivity contribution in [2.75, 3.05) is 30.0 Å². The van der Waals surface area contributed by atoms with Crippen molar-refractivity contribution in [1.29, 1.82) is 0 Å². The van der Waals surface area contributed by atoms with Crippen LogP contribution in [0.4, 0.5) is 11.4 Å². The summed E-state index contributed by atoms with van der Waals surface area (Å²) in [4.78, 5) is 12.6. The zero-order valence-corrected chi connectivity index (χ0v) is 17.3. The average Bonchev–Trinajstić information content (AvgIpc) is 2.65. The first kappa shape index (κ1) is 21.7. The van der Waals surface area contributed by atoms with Crippen LogP contribution in [0, 0.1) is 0 Å². The van der Waals surface area contributed by atoms with E-state index in [-0.39, 0.29) is 5.91 Å². The largest absolute Gasteiger partial charge is 0.481 e. The molecule has 0 aliphatic heterocycles. The second kappa shape index (κ2) is 9.57. The van der Waals surface area contributed by atoms with Crippen molar-refractivity contribution in [2.45, 2.75) is 26.1 Å². The standard InChI is InChI=1S/C20H26N2O5S/c1-5-19(20(23)21-16-8-6-7-15(13-16)14-26-3)27-18-11-9-17(10-12-18)22(2)28(4,24)25/h6-13,19H,5,14H2,1-4H3,(H,21,23)/t19-/m0/s1. The number of hydrogen-bond acceptors (Lipinski definition) is 5.